The van der Waals surface area contributed by atoms with Crippen molar-refractivity contribution in [2.45, 2.75) is 38.6 Å². The standard InChI is InChI=1S/C20H23FN2O3/c1-10-9-23(6-5-22-10)18-16(21)8-15-17(20(18)26)14(12-3-4-12)7-13(11(2)24)19(15)25/h7-8,10,12,14,22,26H,3-6,9H2,1-2H3. The van der Waals surface area contributed by atoms with Gasteiger partial charge in [0.05, 0.1) is 5.57 Å². The first-order chi connectivity index (χ1) is 12.4. The summed E-state index contributed by atoms with van der Waals surface area (Å²) in [6.07, 6.45) is 3.65. The number of phenols is 1. The number of halogens is 1. The highest BCUT2D eigenvalue weighted by Crippen LogP contribution is 2.52. The Hall–Kier alpha value is -2.21. The second kappa shape index (κ2) is 6.20. The van der Waals surface area contributed by atoms with Crippen LogP contribution in [0.25, 0.3) is 0 Å². The summed E-state index contributed by atoms with van der Waals surface area (Å²) in [6, 6.07) is 1.40. The first-order valence-electron chi connectivity index (χ1n) is 9.19. The minimum absolute atomic E-state index is 0.108. The zero-order chi connectivity index (χ0) is 18.6. The van der Waals surface area contributed by atoms with Crippen molar-refractivity contribution in [2.75, 3.05) is 24.5 Å². The van der Waals surface area contributed by atoms with Gasteiger partial charge in [0.1, 0.15) is 11.4 Å². The van der Waals surface area contributed by atoms with E-state index in [4.69, 9.17) is 0 Å². The molecule has 2 unspecified atom stereocenters. The summed E-state index contributed by atoms with van der Waals surface area (Å²) in [5, 5.41) is 14.3. The number of nitrogens with zero attached hydrogens (tertiary/aromatic N) is 1. The van der Waals surface area contributed by atoms with E-state index in [0.29, 0.717) is 31.1 Å². The number of hydrogen-bond acceptors (Lipinski definition) is 5. The highest BCUT2D eigenvalue weighted by atomic mass is 19.1. The molecule has 3 aliphatic rings. The summed E-state index contributed by atoms with van der Waals surface area (Å²) < 4.78 is 14.9. The molecule has 0 amide bonds. The Morgan fingerprint density at radius 1 is 1.38 bits per heavy atom. The molecule has 1 aromatic carbocycles. The number of carbonyl (C=O) groups excluding carboxylic acids is 2. The van der Waals surface area contributed by atoms with Crippen LogP contribution < -0.4 is 10.2 Å². The zero-order valence-electron chi connectivity index (χ0n) is 15.0. The van der Waals surface area contributed by atoms with Crippen molar-refractivity contribution in [3.8, 4) is 5.75 Å². The van der Waals surface area contributed by atoms with Crippen molar-refractivity contribution >= 4 is 17.3 Å². The number of benzene rings is 1. The van der Waals surface area contributed by atoms with Gasteiger partial charge in [0, 0.05) is 42.7 Å². The number of Topliss-reactive ketones (excluding diaryl/α,β-unsaturated/α-hetero) is 2. The Bertz CT molecular complexity index is 829. The van der Waals surface area contributed by atoms with Crippen LogP contribution in [0.2, 0.25) is 0 Å². The van der Waals surface area contributed by atoms with Crippen molar-refractivity contribution in [3.05, 3.63) is 34.7 Å². The lowest BCUT2D eigenvalue weighted by Gasteiger charge is -2.35. The van der Waals surface area contributed by atoms with Crippen LogP contribution in [0.15, 0.2) is 17.7 Å². The molecule has 0 aromatic heterocycles. The number of anilines is 1. The lowest BCUT2D eigenvalue weighted by atomic mass is 9.78. The monoisotopic (exact) mass is 358 g/mol. The molecule has 0 radical (unpaired) electrons. The number of piperazine rings is 1. The molecule has 26 heavy (non-hydrogen) atoms. The number of nitrogens with one attached hydrogen (secondary N) is 1. The van der Waals surface area contributed by atoms with E-state index >= 15 is 0 Å². The summed E-state index contributed by atoms with van der Waals surface area (Å²) in [5.74, 6) is -1.46. The third-order valence-electron chi connectivity index (χ3n) is 5.63. The lowest BCUT2D eigenvalue weighted by Crippen LogP contribution is -2.49. The Labute approximate surface area is 151 Å². The number of allylic oxidation sites excluding steroid dienone is 2. The van der Waals surface area contributed by atoms with Gasteiger partial charge in [0.15, 0.2) is 17.4 Å². The number of aromatic hydroxyl groups is 1. The zero-order valence-corrected chi connectivity index (χ0v) is 15.0. The van der Waals surface area contributed by atoms with Gasteiger partial charge in [0.25, 0.3) is 0 Å². The Morgan fingerprint density at radius 2 is 2.12 bits per heavy atom. The van der Waals surface area contributed by atoms with Gasteiger partial charge in [-0.25, -0.2) is 4.39 Å². The number of ketones is 2. The summed E-state index contributed by atoms with van der Waals surface area (Å²) in [4.78, 5) is 26.4. The van der Waals surface area contributed by atoms with E-state index in [2.05, 4.69) is 5.32 Å². The highest BCUT2D eigenvalue weighted by Gasteiger charge is 2.41. The van der Waals surface area contributed by atoms with E-state index in [0.717, 1.165) is 12.8 Å². The van der Waals surface area contributed by atoms with E-state index in [1.807, 2.05) is 11.8 Å². The van der Waals surface area contributed by atoms with Gasteiger partial charge >= 0.3 is 0 Å². The van der Waals surface area contributed by atoms with Gasteiger partial charge in [-0.3, -0.25) is 9.59 Å². The molecule has 1 aliphatic heterocycles. The summed E-state index contributed by atoms with van der Waals surface area (Å²) >= 11 is 0. The molecule has 4 rings (SSSR count). The second-order valence-electron chi connectivity index (χ2n) is 7.65. The number of fused-ring (bicyclic) bond motifs is 1. The summed E-state index contributed by atoms with van der Waals surface area (Å²) in [7, 11) is 0. The molecule has 2 atom stereocenters. The maximum absolute atomic E-state index is 14.9. The molecule has 1 aromatic rings. The topological polar surface area (TPSA) is 69.6 Å². The second-order valence-corrected chi connectivity index (χ2v) is 7.65. The molecule has 2 N–H and O–H groups in total. The fraction of sp³-hybridized carbons (Fsp3) is 0.500. The molecular weight excluding hydrogens is 335 g/mol. The molecule has 1 heterocycles. The van der Waals surface area contributed by atoms with Gasteiger partial charge in [-0.15, -0.1) is 0 Å². The molecule has 138 valence electrons. The van der Waals surface area contributed by atoms with E-state index < -0.39 is 11.6 Å². The van der Waals surface area contributed by atoms with Gasteiger partial charge < -0.3 is 15.3 Å². The Morgan fingerprint density at radius 3 is 2.73 bits per heavy atom. The smallest absolute Gasteiger partial charge is 0.196 e. The van der Waals surface area contributed by atoms with Crippen molar-refractivity contribution in [3.63, 3.8) is 0 Å². The van der Waals surface area contributed by atoms with E-state index in [1.54, 1.807) is 6.08 Å². The molecule has 2 aliphatic carbocycles. The molecule has 1 saturated heterocycles. The number of hydrogen-bond donors (Lipinski definition) is 2. The molecule has 5 nitrogen and oxygen atoms in total. The SMILES string of the molecule is CC(=O)C1=CC(C2CC2)c2c(cc(F)c(N3CCNC(C)C3)c2O)C1=O. The Balaban J connectivity index is 1.86. The molecule has 0 bridgehead atoms. The van der Waals surface area contributed by atoms with E-state index in [9.17, 15) is 19.1 Å². The third kappa shape index (κ3) is 2.72. The largest absolute Gasteiger partial charge is 0.505 e. The van der Waals surface area contributed by atoms with Crippen LogP contribution in [0.1, 0.15) is 48.5 Å². The van der Waals surface area contributed by atoms with Crippen molar-refractivity contribution in [1.29, 1.82) is 0 Å². The van der Waals surface area contributed by atoms with Crippen molar-refractivity contribution < 1.29 is 19.1 Å². The average Bonchev–Trinajstić information content (AvgIpc) is 3.40. The number of carbonyl (C=O) groups is 2. The van der Waals surface area contributed by atoms with Gasteiger partial charge in [-0.05, 0) is 38.7 Å². The third-order valence-corrected chi connectivity index (χ3v) is 5.63. The number of phenolic OH excluding ortho intramolecular Hbond substituents is 1. The van der Waals surface area contributed by atoms with Gasteiger partial charge in [-0.2, -0.15) is 0 Å². The van der Waals surface area contributed by atoms with Crippen LogP contribution in [-0.4, -0.2) is 42.3 Å². The molecule has 0 spiro atoms. The van der Waals surface area contributed by atoms with Crippen LogP contribution in [0.4, 0.5) is 10.1 Å². The maximum Gasteiger partial charge on any atom is 0.196 e. The molecule has 6 heteroatoms. The van der Waals surface area contributed by atoms with Crippen LogP contribution in [-0.2, 0) is 4.79 Å². The highest BCUT2D eigenvalue weighted by molar-refractivity contribution is 6.27. The minimum Gasteiger partial charge on any atom is -0.505 e. The predicted octanol–water partition coefficient (Wildman–Crippen LogP) is 2.53. The Kier molecular flexibility index (Phi) is 4.10. The van der Waals surface area contributed by atoms with E-state index in [1.165, 1.54) is 13.0 Å². The molecule has 1 saturated carbocycles. The first-order valence-corrected chi connectivity index (χ1v) is 9.19. The molecular formula is C20H23FN2O3. The van der Waals surface area contributed by atoms with Crippen molar-refractivity contribution in [1.82, 2.24) is 5.32 Å². The first kappa shape index (κ1) is 17.2. The van der Waals surface area contributed by atoms with Crippen LogP contribution in [0, 0.1) is 11.7 Å². The van der Waals surface area contributed by atoms with Crippen LogP contribution in [0.3, 0.4) is 0 Å². The fourth-order valence-corrected chi connectivity index (χ4v) is 4.19. The normalized spacial score (nSPS) is 25.7. The predicted molar refractivity (Wildman–Crippen MR) is 96.3 cm³/mol. The van der Waals surface area contributed by atoms with Crippen LogP contribution in [0.5, 0.6) is 5.75 Å². The minimum atomic E-state index is -0.608. The average molecular weight is 358 g/mol. The number of rotatable bonds is 3. The molecule has 2 fully saturated rings. The quantitative estimate of drug-likeness (QED) is 0.813. The van der Waals surface area contributed by atoms with E-state index in [-0.39, 0.29) is 40.3 Å². The van der Waals surface area contributed by atoms with Crippen molar-refractivity contribution in [2.24, 2.45) is 5.92 Å². The van der Waals surface area contributed by atoms with Gasteiger partial charge in [-0.1, -0.05) is 6.08 Å². The summed E-state index contributed by atoms with van der Waals surface area (Å²) in [6.45, 7) is 5.24. The van der Waals surface area contributed by atoms with Crippen LogP contribution >= 0.6 is 0 Å². The summed E-state index contributed by atoms with van der Waals surface area (Å²) in [5.41, 5.74) is 0.911. The fourth-order valence-electron chi connectivity index (χ4n) is 4.19. The lowest BCUT2D eigenvalue weighted by molar-refractivity contribution is -0.113. The van der Waals surface area contributed by atoms with Gasteiger partial charge in [0.2, 0.25) is 0 Å². The maximum atomic E-state index is 14.9.